The Balaban J connectivity index is 2.94. The molecular weight excluding hydrogens is 286 g/mol. The van der Waals surface area contributed by atoms with Crippen LogP contribution in [0.25, 0.3) is 5.76 Å². The predicted molar refractivity (Wildman–Crippen MR) is 68.2 cm³/mol. The van der Waals surface area contributed by atoms with Crippen molar-refractivity contribution in [1.82, 2.24) is 0 Å². The maximum absolute atomic E-state index is 11.7. The molecule has 1 aromatic rings. The molecule has 0 radical (unpaired) electrons. The van der Waals surface area contributed by atoms with Crippen LogP contribution in [0, 0.1) is 0 Å². The van der Waals surface area contributed by atoms with Gasteiger partial charge in [0, 0.05) is 24.8 Å². The van der Waals surface area contributed by atoms with E-state index in [-0.39, 0.29) is 5.76 Å². The van der Waals surface area contributed by atoms with Crippen LogP contribution >= 0.6 is 31.0 Å². The molecule has 0 aromatic heterocycles. The molecule has 0 amide bonds. The first kappa shape index (κ1) is 14.6. The van der Waals surface area contributed by atoms with Crippen LogP contribution in [-0.2, 0) is 18.1 Å². The summed E-state index contributed by atoms with van der Waals surface area (Å²) in [7, 11) is -1.21. The fourth-order valence-corrected chi connectivity index (χ4v) is 2.23. The molecule has 0 N–H and O–H groups in total. The van der Waals surface area contributed by atoms with Crippen molar-refractivity contribution < 1.29 is 18.1 Å². The second kappa shape index (κ2) is 5.89. The Morgan fingerprint density at radius 3 is 2.35 bits per heavy atom. The monoisotopic (exact) mass is 296 g/mol. The molecule has 0 atom stereocenters. The largest absolute Gasteiger partial charge is 0.529 e. The number of benzene rings is 1. The van der Waals surface area contributed by atoms with Crippen molar-refractivity contribution in [3.8, 4) is 0 Å². The summed E-state index contributed by atoms with van der Waals surface area (Å²) in [5, 5.41) is 0.814. The first-order valence-corrected chi connectivity index (χ1v) is 6.69. The van der Waals surface area contributed by atoms with Crippen LogP contribution in [0.3, 0.4) is 0 Å². The second-order valence-corrected chi connectivity index (χ2v) is 5.60. The molecule has 0 fully saturated rings. The lowest BCUT2D eigenvalue weighted by Crippen LogP contribution is -1.95. The van der Waals surface area contributed by atoms with Crippen molar-refractivity contribution in [3.05, 3.63) is 40.4 Å². The predicted octanol–water partition coefficient (Wildman–Crippen LogP) is 4.38. The second-order valence-electron chi connectivity index (χ2n) is 2.95. The molecular formula is C10H11Cl2O4P. The fraction of sp³-hybridized carbons (Fsp3) is 0.200. The summed E-state index contributed by atoms with van der Waals surface area (Å²) in [6, 6.07) is 4.74. The van der Waals surface area contributed by atoms with Crippen molar-refractivity contribution in [3.63, 3.8) is 0 Å². The topological polar surface area (TPSA) is 44.8 Å². The van der Waals surface area contributed by atoms with E-state index in [9.17, 15) is 4.57 Å². The van der Waals surface area contributed by atoms with Crippen LogP contribution in [0.5, 0.6) is 0 Å². The van der Waals surface area contributed by atoms with E-state index < -0.39 is 7.82 Å². The van der Waals surface area contributed by atoms with Gasteiger partial charge in [-0.3, -0.25) is 9.05 Å². The van der Waals surface area contributed by atoms with Gasteiger partial charge in [0.05, 0.1) is 5.02 Å². The molecule has 1 rings (SSSR count). The van der Waals surface area contributed by atoms with E-state index in [0.29, 0.717) is 15.6 Å². The number of halogens is 2. The van der Waals surface area contributed by atoms with E-state index in [1.54, 1.807) is 12.1 Å². The van der Waals surface area contributed by atoms with E-state index >= 15 is 0 Å². The van der Waals surface area contributed by atoms with E-state index in [1.807, 2.05) is 0 Å². The summed E-state index contributed by atoms with van der Waals surface area (Å²) in [5.74, 6) is 0.0821. The highest BCUT2D eigenvalue weighted by atomic mass is 35.5. The van der Waals surface area contributed by atoms with E-state index in [4.69, 9.17) is 27.7 Å². The van der Waals surface area contributed by atoms with Crippen LogP contribution < -0.4 is 0 Å². The molecule has 0 unspecified atom stereocenters. The lowest BCUT2D eigenvalue weighted by Gasteiger charge is -2.16. The van der Waals surface area contributed by atoms with E-state index in [2.05, 4.69) is 15.6 Å². The third-order valence-corrected chi connectivity index (χ3v) is 3.79. The van der Waals surface area contributed by atoms with Crippen molar-refractivity contribution in [2.24, 2.45) is 0 Å². The standard InChI is InChI=1S/C10H11Cl2O4P/c1-7(16-17(13,14-2)15-3)9-5-4-8(11)6-10(9)12/h4-6H,1H2,2-3H3. The van der Waals surface area contributed by atoms with Gasteiger partial charge in [-0.15, -0.1) is 0 Å². The highest BCUT2D eigenvalue weighted by molar-refractivity contribution is 7.48. The van der Waals surface area contributed by atoms with Crippen molar-refractivity contribution in [2.45, 2.75) is 0 Å². The summed E-state index contributed by atoms with van der Waals surface area (Å²) >= 11 is 11.7. The third kappa shape index (κ3) is 3.73. The molecule has 0 heterocycles. The van der Waals surface area contributed by atoms with Gasteiger partial charge in [-0.05, 0) is 18.2 Å². The van der Waals surface area contributed by atoms with Gasteiger partial charge in [0.15, 0.2) is 0 Å². The Morgan fingerprint density at radius 2 is 1.88 bits per heavy atom. The summed E-state index contributed by atoms with van der Waals surface area (Å²) in [4.78, 5) is 0. The summed E-state index contributed by atoms with van der Waals surface area (Å²) in [5.41, 5.74) is 0.463. The molecule has 0 saturated carbocycles. The van der Waals surface area contributed by atoms with E-state index in [0.717, 1.165) is 0 Å². The molecule has 0 aliphatic carbocycles. The highest BCUT2D eigenvalue weighted by Crippen LogP contribution is 2.51. The molecule has 94 valence electrons. The zero-order valence-electron chi connectivity index (χ0n) is 9.28. The van der Waals surface area contributed by atoms with Gasteiger partial charge >= 0.3 is 7.82 Å². The molecule has 0 spiro atoms. The molecule has 0 saturated heterocycles. The number of rotatable bonds is 5. The summed E-state index contributed by atoms with van der Waals surface area (Å²) < 4.78 is 26.0. The van der Waals surface area contributed by atoms with Crippen LogP contribution in [0.2, 0.25) is 10.0 Å². The molecule has 4 nitrogen and oxygen atoms in total. The SMILES string of the molecule is C=C(OP(=O)(OC)OC)c1ccc(Cl)cc1Cl. The molecule has 7 heteroatoms. The zero-order chi connectivity index (χ0) is 13.1. The zero-order valence-corrected chi connectivity index (χ0v) is 11.7. The van der Waals surface area contributed by atoms with Gasteiger partial charge in [-0.1, -0.05) is 29.8 Å². The van der Waals surface area contributed by atoms with Gasteiger partial charge in [0.25, 0.3) is 0 Å². The number of phosphoric ester groups is 1. The molecule has 1 aromatic carbocycles. The normalized spacial score (nSPS) is 11.3. The van der Waals surface area contributed by atoms with Gasteiger partial charge in [-0.2, -0.15) is 0 Å². The number of hydrogen-bond donors (Lipinski definition) is 0. The smallest absolute Gasteiger partial charge is 0.404 e. The number of phosphoric acid groups is 1. The highest BCUT2D eigenvalue weighted by Gasteiger charge is 2.26. The minimum atomic E-state index is -3.63. The Morgan fingerprint density at radius 1 is 1.29 bits per heavy atom. The van der Waals surface area contributed by atoms with Gasteiger partial charge in [-0.25, -0.2) is 4.57 Å². The number of hydrogen-bond acceptors (Lipinski definition) is 4. The van der Waals surface area contributed by atoms with E-state index in [1.165, 1.54) is 20.3 Å². The minimum absolute atomic E-state index is 0.0821. The first-order valence-electron chi connectivity index (χ1n) is 4.47. The molecule has 17 heavy (non-hydrogen) atoms. The summed E-state index contributed by atoms with van der Waals surface area (Å²) in [6.07, 6.45) is 0. The van der Waals surface area contributed by atoms with Crippen molar-refractivity contribution >= 4 is 36.8 Å². The fourth-order valence-electron chi connectivity index (χ4n) is 1.05. The minimum Gasteiger partial charge on any atom is -0.404 e. The van der Waals surface area contributed by atoms with Gasteiger partial charge < -0.3 is 4.52 Å². The van der Waals surface area contributed by atoms with Crippen LogP contribution in [0.1, 0.15) is 5.56 Å². The maximum atomic E-state index is 11.7. The molecule has 0 aliphatic rings. The Bertz CT molecular complexity index is 467. The van der Waals surface area contributed by atoms with Gasteiger partial charge in [0.2, 0.25) is 0 Å². The maximum Gasteiger partial charge on any atom is 0.529 e. The lowest BCUT2D eigenvalue weighted by atomic mass is 10.2. The van der Waals surface area contributed by atoms with Crippen molar-refractivity contribution in [2.75, 3.05) is 14.2 Å². The average molecular weight is 297 g/mol. The van der Waals surface area contributed by atoms with Crippen molar-refractivity contribution in [1.29, 1.82) is 0 Å². The van der Waals surface area contributed by atoms with Gasteiger partial charge in [0.1, 0.15) is 5.76 Å². The average Bonchev–Trinajstić information content (AvgIpc) is 2.28. The Kier molecular flexibility index (Phi) is 5.04. The third-order valence-electron chi connectivity index (χ3n) is 1.90. The quantitative estimate of drug-likeness (QED) is 0.597. The summed E-state index contributed by atoms with van der Waals surface area (Å²) in [6.45, 7) is 3.61. The van der Waals surface area contributed by atoms with Crippen LogP contribution in [-0.4, -0.2) is 14.2 Å². The molecule has 0 bridgehead atoms. The Labute approximate surface area is 110 Å². The van der Waals surface area contributed by atoms with Crippen LogP contribution in [0.4, 0.5) is 0 Å². The Hall–Kier alpha value is -0.510. The first-order chi connectivity index (χ1) is 7.91. The molecule has 0 aliphatic heterocycles. The lowest BCUT2D eigenvalue weighted by molar-refractivity contribution is 0.201. The van der Waals surface area contributed by atoms with Crippen LogP contribution in [0.15, 0.2) is 24.8 Å².